The van der Waals surface area contributed by atoms with E-state index < -0.39 is 6.10 Å². The third-order valence-electron chi connectivity index (χ3n) is 13.1. The summed E-state index contributed by atoms with van der Waals surface area (Å²) in [5.41, 5.74) is 0. The van der Waals surface area contributed by atoms with Crippen molar-refractivity contribution in [2.45, 2.75) is 303 Å². The monoisotopic (exact) mass is 1000 g/mol. The molecule has 0 aliphatic heterocycles. The summed E-state index contributed by atoms with van der Waals surface area (Å²) < 4.78 is 16.8. The number of unbranched alkanes of at least 4 members (excludes halogenated alkanes) is 30. The molecule has 0 amide bonds. The molecule has 0 aliphatic rings. The molecule has 0 aromatic heterocycles. The summed E-state index contributed by atoms with van der Waals surface area (Å²) in [7, 11) is 0. The minimum absolute atomic E-state index is 0.0829. The highest BCUT2D eigenvalue weighted by Crippen LogP contribution is 2.16. The summed E-state index contributed by atoms with van der Waals surface area (Å²) >= 11 is 0. The number of carbonyl (C=O) groups is 3. The van der Waals surface area contributed by atoms with Gasteiger partial charge in [-0.3, -0.25) is 14.4 Å². The Hall–Kier alpha value is -3.41. The molecule has 0 spiro atoms. The van der Waals surface area contributed by atoms with Crippen LogP contribution in [0.1, 0.15) is 297 Å². The number of allylic oxidation sites excluding steroid dienone is 14. The van der Waals surface area contributed by atoms with Gasteiger partial charge in [0.05, 0.1) is 0 Å². The fourth-order valence-corrected chi connectivity index (χ4v) is 8.53. The first kappa shape index (κ1) is 68.6. The van der Waals surface area contributed by atoms with Crippen molar-refractivity contribution in [3.8, 4) is 0 Å². The molecule has 1 atom stereocenters. The lowest BCUT2D eigenvalue weighted by Gasteiger charge is -2.18. The van der Waals surface area contributed by atoms with Crippen LogP contribution in [0.25, 0.3) is 0 Å². The Labute approximate surface area is 445 Å². The fraction of sp³-hybridized carbons (Fsp3) is 0.742. The zero-order chi connectivity index (χ0) is 52.2. The van der Waals surface area contributed by atoms with Gasteiger partial charge in [-0.25, -0.2) is 0 Å². The normalized spacial score (nSPS) is 12.7. The summed E-state index contributed by atoms with van der Waals surface area (Å²) in [6.07, 6.45) is 78.9. The fourth-order valence-electron chi connectivity index (χ4n) is 8.53. The van der Waals surface area contributed by atoms with E-state index in [1.54, 1.807) is 0 Å². The molecule has 414 valence electrons. The van der Waals surface area contributed by atoms with Gasteiger partial charge in [-0.1, -0.05) is 254 Å². The van der Waals surface area contributed by atoms with Crippen molar-refractivity contribution < 1.29 is 28.6 Å². The van der Waals surface area contributed by atoms with Gasteiger partial charge in [-0.2, -0.15) is 0 Å². The number of hydrogen-bond acceptors (Lipinski definition) is 6. The lowest BCUT2D eigenvalue weighted by atomic mass is 10.0. The van der Waals surface area contributed by atoms with Crippen LogP contribution in [0.2, 0.25) is 0 Å². The van der Waals surface area contributed by atoms with Crippen molar-refractivity contribution in [3.63, 3.8) is 0 Å². The summed E-state index contributed by atoms with van der Waals surface area (Å²) in [4.78, 5) is 38.1. The molecule has 0 aromatic carbocycles. The van der Waals surface area contributed by atoms with Gasteiger partial charge in [0.1, 0.15) is 13.2 Å². The topological polar surface area (TPSA) is 78.9 Å². The number of carbonyl (C=O) groups excluding carboxylic acids is 3. The quantitative estimate of drug-likeness (QED) is 0.0261. The smallest absolute Gasteiger partial charge is 0.306 e. The first-order valence-electron chi connectivity index (χ1n) is 30.6. The zero-order valence-electron chi connectivity index (χ0n) is 47.4. The van der Waals surface area contributed by atoms with Gasteiger partial charge >= 0.3 is 17.9 Å². The second-order valence-electron chi connectivity index (χ2n) is 20.2. The highest BCUT2D eigenvalue weighted by atomic mass is 16.6. The lowest BCUT2D eigenvalue weighted by molar-refractivity contribution is -0.167. The van der Waals surface area contributed by atoms with E-state index in [1.165, 1.54) is 135 Å². The van der Waals surface area contributed by atoms with Crippen LogP contribution in [0.4, 0.5) is 0 Å². The Kier molecular flexibility index (Phi) is 57.3. The molecule has 0 N–H and O–H groups in total. The van der Waals surface area contributed by atoms with E-state index >= 15 is 0 Å². The maximum Gasteiger partial charge on any atom is 0.306 e. The van der Waals surface area contributed by atoms with Crippen LogP contribution in [0.5, 0.6) is 0 Å². The van der Waals surface area contributed by atoms with Crippen LogP contribution >= 0.6 is 0 Å². The number of rotatable bonds is 55. The van der Waals surface area contributed by atoms with Gasteiger partial charge in [-0.05, 0) is 109 Å². The van der Waals surface area contributed by atoms with Crippen LogP contribution in [-0.4, -0.2) is 37.2 Å². The zero-order valence-corrected chi connectivity index (χ0v) is 47.4. The SMILES string of the molecule is CC/C=C\C/C=C\C/C=C\C/C=C\CCCCCCCCCCCCCCCCCCC(=O)OCC(COC(=O)CCCCCCC/C=C\CCC)OC(=O)CCCCCCC/C=C\C/C=C\CCCCC. The Bertz CT molecular complexity index is 1380. The predicted octanol–water partition coefficient (Wildman–Crippen LogP) is 20.7. The van der Waals surface area contributed by atoms with Crippen molar-refractivity contribution in [2.24, 2.45) is 0 Å². The van der Waals surface area contributed by atoms with Gasteiger partial charge in [0.25, 0.3) is 0 Å². The van der Waals surface area contributed by atoms with E-state index in [2.05, 4.69) is 106 Å². The second kappa shape index (κ2) is 60.1. The number of ether oxygens (including phenoxy) is 3. The van der Waals surface area contributed by atoms with E-state index in [-0.39, 0.29) is 31.1 Å². The van der Waals surface area contributed by atoms with Crippen molar-refractivity contribution in [1.29, 1.82) is 0 Å². The molecule has 0 saturated carbocycles. The maximum absolute atomic E-state index is 12.8. The van der Waals surface area contributed by atoms with Crippen LogP contribution < -0.4 is 0 Å². The molecule has 0 aliphatic carbocycles. The van der Waals surface area contributed by atoms with E-state index in [1.807, 2.05) is 0 Å². The van der Waals surface area contributed by atoms with Crippen LogP contribution in [-0.2, 0) is 28.6 Å². The van der Waals surface area contributed by atoms with E-state index in [0.29, 0.717) is 19.3 Å². The molecule has 6 heteroatoms. The van der Waals surface area contributed by atoms with Crippen LogP contribution in [0.15, 0.2) is 85.1 Å². The highest BCUT2D eigenvalue weighted by molar-refractivity contribution is 5.71. The summed E-state index contributed by atoms with van der Waals surface area (Å²) in [6, 6.07) is 0. The average Bonchev–Trinajstić information content (AvgIpc) is 3.38. The molecule has 0 radical (unpaired) electrons. The third kappa shape index (κ3) is 57.5. The maximum atomic E-state index is 12.8. The Morgan fingerprint density at radius 3 is 0.917 bits per heavy atom. The minimum Gasteiger partial charge on any atom is -0.462 e. The number of hydrogen-bond donors (Lipinski definition) is 0. The van der Waals surface area contributed by atoms with E-state index in [4.69, 9.17) is 14.2 Å². The first-order chi connectivity index (χ1) is 35.5. The van der Waals surface area contributed by atoms with E-state index in [9.17, 15) is 14.4 Å². The molecule has 1 unspecified atom stereocenters. The molecule has 0 saturated heterocycles. The number of esters is 3. The Balaban J connectivity index is 4.16. The molecule has 0 rings (SSSR count). The van der Waals surface area contributed by atoms with Crippen molar-refractivity contribution in [3.05, 3.63) is 85.1 Å². The molecule has 6 nitrogen and oxygen atoms in total. The minimum atomic E-state index is -0.785. The molecule has 0 heterocycles. The third-order valence-corrected chi connectivity index (χ3v) is 13.1. The largest absolute Gasteiger partial charge is 0.462 e. The summed E-state index contributed by atoms with van der Waals surface area (Å²) in [5.74, 6) is -0.900. The first-order valence-corrected chi connectivity index (χ1v) is 30.6. The summed E-state index contributed by atoms with van der Waals surface area (Å²) in [5, 5.41) is 0. The Morgan fingerprint density at radius 2 is 0.569 bits per heavy atom. The highest BCUT2D eigenvalue weighted by Gasteiger charge is 2.19. The summed E-state index contributed by atoms with van der Waals surface area (Å²) in [6.45, 7) is 6.44. The van der Waals surface area contributed by atoms with Crippen LogP contribution in [0, 0.1) is 0 Å². The molecular weight excluding hydrogens is 889 g/mol. The van der Waals surface area contributed by atoms with Gasteiger partial charge in [0, 0.05) is 19.3 Å². The molecule has 0 bridgehead atoms. The average molecular weight is 1000 g/mol. The molecule has 0 aromatic rings. The molecule has 0 fully saturated rings. The molecule has 72 heavy (non-hydrogen) atoms. The van der Waals surface area contributed by atoms with Crippen molar-refractivity contribution in [1.82, 2.24) is 0 Å². The predicted molar refractivity (Wildman–Crippen MR) is 311 cm³/mol. The standard InChI is InChI=1S/C66H114O6/c1-4-7-10-13-16-19-22-24-26-27-28-29-30-31-32-33-34-35-36-37-38-39-41-42-44-47-50-53-56-59-65(68)71-62-63(61-70-64(67)58-55-52-49-46-21-18-15-12-9-6-3)72-66(69)60-57-54-51-48-45-43-40-25-23-20-17-14-11-8-5-2/h7,10,12,15-17,19-20,24-26,28-29,40,63H,4-6,8-9,11,13-14,18,21-23,27,30-39,41-62H2,1-3H3/b10-7-,15-12-,19-16-,20-17-,26-24-,29-28-,40-25-. The van der Waals surface area contributed by atoms with Gasteiger partial charge in [0.2, 0.25) is 0 Å². The Morgan fingerprint density at radius 1 is 0.292 bits per heavy atom. The van der Waals surface area contributed by atoms with Gasteiger partial charge in [-0.15, -0.1) is 0 Å². The van der Waals surface area contributed by atoms with Crippen molar-refractivity contribution >= 4 is 17.9 Å². The lowest BCUT2D eigenvalue weighted by Crippen LogP contribution is -2.30. The van der Waals surface area contributed by atoms with Gasteiger partial charge in [0.15, 0.2) is 6.10 Å². The molecular formula is C66H114O6. The van der Waals surface area contributed by atoms with Crippen LogP contribution in [0.3, 0.4) is 0 Å². The van der Waals surface area contributed by atoms with Gasteiger partial charge < -0.3 is 14.2 Å². The van der Waals surface area contributed by atoms with E-state index in [0.717, 1.165) is 122 Å². The second-order valence-corrected chi connectivity index (χ2v) is 20.2. The van der Waals surface area contributed by atoms with Crippen molar-refractivity contribution in [2.75, 3.05) is 13.2 Å².